The third kappa shape index (κ3) is 9.66. The number of benzene rings is 2. The van der Waals surface area contributed by atoms with Gasteiger partial charge in [0, 0.05) is 82.0 Å². The lowest BCUT2D eigenvalue weighted by Gasteiger charge is -2.42. The third-order valence-electron chi connectivity index (χ3n) is 10.5. The normalized spacial score (nSPS) is 17.4. The predicted octanol–water partition coefficient (Wildman–Crippen LogP) is 4.76. The Morgan fingerprint density at radius 1 is 0.944 bits per heavy atom. The number of unbranched alkanes of at least 4 members (excludes halogenated alkanes) is 1. The average Bonchev–Trinajstić information content (AvgIpc) is 3.19. The van der Waals surface area contributed by atoms with Crippen molar-refractivity contribution in [1.82, 2.24) is 30.3 Å². The minimum absolute atomic E-state index is 0.0695. The van der Waals surface area contributed by atoms with E-state index in [9.17, 15) is 19.5 Å². The fourth-order valence-electron chi connectivity index (χ4n) is 7.42. The Bertz CT molecular complexity index is 1780. The SMILES string of the molecule is C=C(NC(Cc1cc(Br)c(O)c(Br)c1)C(=O)NC(CCCCN)C(=O)N1CCN(c2ccncc2)CC1)N1CCC(N2Cc3ccccc3NC2=O)CC1. The summed E-state index contributed by atoms with van der Waals surface area (Å²) >= 11 is 6.84. The number of nitrogens with one attached hydrogen (secondary N) is 3. The maximum atomic E-state index is 14.3. The summed E-state index contributed by atoms with van der Waals surface area (Å²) < 4.78 is 0.995. The number of piperazine rings is 1. The Kier molecular flexibility index (Phi) is 13.4. The maximum Gasteiger partial charge on any atom is 0.322 e. The highest BCUT2D eigenvalue weighted by Crippen LogP contribution is 2.34. The zero-order chi connectivity index (χ0) is 38.2. The van der Waals surface area contributed by atoms with Crippen LogP contribution in [0.15, 0.2) is 82.3 Å². The first-order valence-electron chi connectivity index (χ1n) is 18.6. The molecular formula is C39H49Br2N9O4. The minimum atomic E-state index is -0.781. The molecule has 288 valence electrons. The summed E-state index contributed by atoms with van der Waals surface area (Å²) in [5.41, 5.74) is 9.63. The molecule has 13 nitrogen and oxygen atoms in total. The molecule has 2 atom stereocenters. The molecule has 1 aromatic heterocycles. The molecule has 3 aliphatic rings. The number of urea groups is 1. The standard InChI is InChI=1S/C39H49Br2N9O4/c1-26(47-16-11-30(12-17-47)50-25-28-6-2-3-7-33(28)46-39(50)54)44-35(24-27-22-31(40)36(51)32(41)23-27)37(52)45-34(8-4-5-13-42)38(53)49-20-18-48(19-21-49)29-9-14-43-15-10-29/h2-3,6-7,9-10,14-15,22-23,30,34-35,44,51H,1,4-5,8,11-13,16-21,24-25,42H2,(H,45,52)(H,46,54). The number of aromatic hydroxyl groups is 1. The fraction of sp³-hybridized carbons (Fsp3) is 0.436. The molecule has 2 unspecified atom stereocenters. The molecule has 6 rings (SSSR count). The molecular weight excluding hydrogens is 818 g/mol. The van der Waals surface area contributed by atoms with E-state index in [1.54, 1.807) is 24.5 Å². The van der Waals surface area contributed by atoms with E-state index in [0.717, 1.165) is 41.8 Å². The van der Waals surface area contributed by atoms with Crippen LogP contribution in [-0.4, -0.2) is 107 Å². The first-order chi connectivity index (χ1) is 26.1. The van der Waals surface area contributed by atoms with Crippen LogP contribution in [-0.2, 0) is 22.6 Å². The second kappa shape index (κ2) is 18.3. The molecule has 2 aromatic carbocycles. The van der Waals surface area contributed by atoms with E-state index in [-0.39, 0.29) is 36.1 Å². The molecule has 0 spiro atoms. The van der Waals surface area contributed by atoms with Crippen LogP contribution in [0.25, 0.3) is 0 Å². The number of rotatable bonds is 14. The summed E-state index contributed by atoms with van der Waals surface area (Å²) in [6.07, 6.45) is 7.20. The van der Waals surface area contributed by atoms with E-state index < -0.39 is 12.1 Å². The molecule has 0 bridgehead atoms. The van der Waals surface area contributed by atoms with Gasteiger partial charge in [-0.05, 0) is 112 Å². The second-order valence-corrected chi connectivity index (χ2v) is 15.8. The number of phenols is 1. The van der Waals surface area contributed by atoms with Gasteiger partial charge in [-0.1, -0.05) is 24.8 Å². The smallest absolute Gasteiger partial charge is 0.322 e. The molecule has 4 amide bonds. The van der Waals surface area contributed by atoms with Crippen molar-refractivity contribution in [3.05, 3.63) is 93.4 Å². The zero-order valence-electron chi connectivity index (χ0n) is 30.4. The number of aromatic nitrogens is 1. The molecule has 15 heteroatoms. The topological polar surface area (TPSA) is 159 Å². The summed E-state index contributed by atoms with van der Waals surface area (Å²) in [5, 5.41) is 19.9. The number of phenolic OH excluding ortho intramolecular Hbond substituents is 1. The van der Waals surface area contributed by atoms with Gasteiger partial charge in [-0.15, -0.1) is 0 Å². The molecule has 3 aliphatic heterocycles. The molecule has 2 fully saturated rings. The lowest BCUT2D eigenvalue weighted by molar-refractivity contribution is -0.137. The average molecular weight is 868 g/mol. The summed E-state index contributed by atoms with van der Waals surface area (Å²) in [7, 11) is 0. The Morgan fingerprint density at radius 2 is 1.63 bits per heavy atom. The Balaban J connectivity index is 1.13. The zero-order valence-corrected chi connectivity index (χ0v) is 33.5. The molecule has 0 radical (unpaired) electrons. The summed E-state index contributed by atoms with van der Waals surface area (Å²) in [4.78, 5) is 53.5. The maximum absolute atomic E-state index is 14.3. The Labute approximate surface area is 333 Å². The molecule has 3 aromatic rings. The first kappa shape index (κ1) is 39.4. The van der Waals surface area contributed by atoms with E-state index in [1.165, 1.54) is 0 Å². The van der Waals surface area contributed by atoms with Crippen LogP contribution >= 0.6 is 31.9 Å². The summed E-state index contributed by atoms with van der Waals surface area (Å²) in [6, 6.07) is 13.9. The predicted molar refractivity (Wildman–Crippen MR) is 217 cm³/mol. The number of nitrogens with zero attached hydrogens (tertiary/aromatic N) is 5. The van der Waals surface area contributed by atoms with Crippen molar-refractivity contribution in [2.24, 2.45) is 5.73 Å². The van der Waals surface area contributed by atoms with E-state index in [0.29, 0.717) is 80.0 Å². The monoisotopic (exact) mass is 865 g/mol. The number of fused-ring (bicyclic) bond motifs is 1. The van der Waals surface area contributed by atoms with Gasteiger partial charge in [0.15, 0.2) is 0 Å². The van der Waals surface area contributed by atoms with Crippen LogP contribution in [0.2, 0.25) is 0 Å². The first-order valence-corrected chi connectivity index (χ1v) is 20.2. The van der Waals surface area contributed by atoms with Gasteiger partial charge < -0.3 is 46.4 Å². The van der Waals surface area contributed by atoms with Gasteiger partial charge in [-0.3, -0.25) is 14.6 Å². The number of hydrogen-bond donors (Lipinski definition) is 5. The van der Waals surface area contributed by atoms with Crippen molar-refractivity contribution in [2.75, 3.05) is 56.0 Å². The van der Waals surface area contributed by atoms with Crippen molar-refractivity contribution < 1.29 is 19.5 Å². The number of amides is 4. The molecule has 0 aliphatic carbocycles. The highest BCUT2D eigenvalue weighted by atomic mass is 79.9. The number of hydrogen-bond acceptors (Lipinski definition) is 9. The van der Waals surface area contributed by atoms with Crippen LogP contribution in [0, 0.1) is 0 Å². The van der Waals surface area contributed by atoms with Crippen LogP contribution in [0.5, 0.6) is 5.75 Å². The van der Waals surface area contributed by atoms with Crippen LogP contribution in [0.3, 0.4) is 0 Å². The van der Waals surface area contributed by atoms with E-state index >= 15 is 0 Å². The van der Waals surface area contributed by atoms with Gasteiger partial charge in [-0.2, -0.15) is 0 Å². The number of pyridine rings is 1. The minimum Gasteiger partial charge on any atom is -0.506 e. The summed E-state index contributed by atoms with van der Waals surface area (Å²) in [6.45, 7) is 9.15. The van der Waals surface area contributed by atoms with Crippen molar-refractivity contribution in [3.63, 3.8) is 0 Å². The van der Waals surface area contributed by atoms with E-state index in [2.05, 4.69) is 69.2 Å². The quantitative estimate of drug-likeness (QED) is 0.144. The van der Waals surface area contributed by atoms with Crippen molar-refractivity contribution >= 4 is 61.1 Å². The van der Waals surface area contributed by atoms with E-state index in [1.807, 2.05) is 46.2 Å². The lowest BCUT2D eigenvalue weighted by Crippen LogP contribution is -2.58. The summed E-state index contributed by atoms with van der Waals surface area (Å²) in [5.74, 6) is 0.239. The van der Waals surface area contributed by atoms with Crippen molar-refractivity contribution in [2.45, 2.75) is 63.2 Å². The molecule has 2 saturated heterocycles. The largest absolute Gasteiger partial charge is 0.506 e. The number of halogens is 2. The van der Waals surface area contributed by atoms with Gasteiger partial charge in [-0.25, -0.2) is 4.79 Å². The third-order valence-corrected chi connectivity index (χ3v) is 11.7. The number of carbonyl (C=O) groups excluding carboxylic acids is 3. The number of carbonyl (C=O) groups is 3. The Hall–Kier alpha value is -4.34. The van der Waals surface area contributed by atoms with Crippen LogP contribution in [0.1, 0.15) is 43.2 Å². The number of nitrogens with two attached hydrogens (primary N) is 1. The molecule has 6 N–H and O–H groups in total. The Morgan fingerprint density at radius 3 is 2.31 bits per heavy atom. The van der Waals surface area contributed by atoms with Gasteiger partial charge >= 0.3 is 6.03 Å². The van der Waals surface area contributed by atoms with Gasteiger partial charge in [0.05, 0.1) is 14.8 Å². The fourth-order valence-corrected chi connectivity index (χ4v) is 8.70. The van der Waals surface area contributed by atoms with Gasteiger partial charge in [0.2, 0.25) is 11.8 Å². The highest BCUT2D eigenvalue weighted by Gasteiger charge is 2.34. The number of anilines is 2. The number of para-hydroxylation sites is 1. The van der Waals surface area contributed by atoms with Gasteiger partial charge in [0.25, 0.3) is 0 Å². The molecule has 4 heterocycles. The second-order valence-electron chi connectivity index (χ2n) is 14.1. The van der Waals surface area contributed by atoms with Crippen molar-refractivity contribution in [3.8, 4) is 5.75 Å². The molecule has 0 saturated carbocycles. The van der Waals surface area contributed by atoms with E-state index in [4.69, 9.17) is 5.73 Å². The highest BCUT2D eigenvalue weighted by molar-refractivity contribution is 9.11. The molecule has 54 heavy (non-hydrogen) atoms. The van der Waals surface area contributed by atoms with Gasteiger partial charge in [0.1, 0.15) is 17.8 Å². The number of piperidine rings is 1. The van der Waals surface area contributed by atoms with Crippen LogP contribution in [0.4, 0.5) is 16.2 Å². The lowest BCUT2D eigenvalue weighted by atomic mass is 10.0. The van der Waals surface area contributed by atoms with Crippen molar-refractivity contribution in [1.29, 1.82) is 0 Å². The van der Waals surface area contributed by atoms with Crippen LogP contribution < -0.4 is 26.6 Å². The number of likely N-dealkylation sites (tertiary alicyclic amines) is 1.